The molecule has 0 aliphatic rings. The van der Waals surface area contributed by atoms with Crippen LogP contribution in [0.1, 0.15) is 48.1 Å². The van der Waals surface area contributed by atoms with Gasteiger partial charge in [-0.05, 0) is 81.5 Å². The first-order valence-electron chi connectivity index (χ1n) is 13.2. The molecule has 8 heteroatoms. The maximum absolute atomic E-state index is 14.0. The van der Waals surface area contributed by atoms with Crippen molar-refractivity contribution in [3.63, 3.8) is 0 Å². The van der Waals surface area contributed by atoms with Crippen LogP contribution in [0.5, 0.6) is 0 Å². The second-order valence-corrected chi connectivity index (χ2v) is 11.9. The molecule has 0 heterocycles. The Balaban J connectivity index is 2.07. The predicted octanol–water partition coefficient (Wildman–Crippen LogP) is 5.06. The van der Waals surface area contributed by atoms with E-state index in [4.69, 9.17) is 0 Å². The zero-order valence-corrected chi connectivity index (χ0v) is 24.5. The van der Waals surface area contributed by atoms with Crippen LogP contribution in [-0.2, 0) is 26.2 Å². The third kappa shape index (κ3) is 7.26. The quantitative estimate of drug-likeness (QED) is 0.362. The fourth-order valence-electron chi connectivity index (χ4n) is 4.29. The van der Waals surface area contributed by atoms with E-state index in [9.17, 15) is 18.0 Å². The van der Waals surface area contributed by atoms with Gasteiger partial charge in [-0.15, -0.1) is 0 Å². The maximum Gasteiger partial charge on any atom is 0.264 e. The molecule has 3 aromatic rings. The summed E-state index contributed by atoms with van der Waals surface area (Å²) in [5.74, 6) is -0.743. The average molecular weight is 550 g/mol. The molecular weight excluding hydrogens is 510 g/mol. The Morgan fingerprint density at radius 2 is 1.51 bits per heavy atom. The minimum atomic E-state index is -4.09. The lowest BCUT2D eigenvalue weighted by atomic mass is 10.1. The van der Waals surface area contributed by atoms with Gasteiger partial charge in [-0.2, -0.15) is 0 Å². The van der Waals surface area contributed by atoms with Crippen molar-refractivity contribution in [2.45, 2.75) is 65.4 Å². The van der Waals surface area contributed by atoms with Gasteiger partial charge in [0.2, 0.25) is 11.8 Å². The number of hydrogen-bond acceptors (Lipinski definition) is 4. The molecule has 208 valence electrons. The molecule has 7 nitrogen and oxygen atoms in total. The highest BCUT2D eigenvalue weighted by molar-refractivity contribution is 7.92. The third-order valence-electron chi connectivity index (χ3n) is 6.84. The lowest BCUT2D eigenvalue weighted by molar-refractivity contribution is -0.139. The molecule has 39 heavy (non-hydrogen) atoms. The molecule has 0 unspecified atom stereocenters. The number of anilines is 1. The SMILES string of the molecule is CCCNC(=O)[C@@H](C)N(Cc1ccccc1C)C(=O)CN(c1cc(C)ccc1C)S(=O)(=O)c1ccc(C)cc1. The zero-order valence-electron chi connectivity index (χ0n) is 23.7. The molecule has 3 rings (SSSR count). The van der Waals surface area contributed by atoms with E-state index >= 15 is 0 Å². The Morgan fingerprint density at radius 3 is 2.15 bits per heavy atom. The van der Waals surface area contributed by atoms with E-state index in [1.54, 1.807) is 37.3 Å². The fourth-order valence-corrected chi connectivity index (χ4v) is 5.76. The number of rotatable bonds is 11. The molecule has 0 fully saturated rings. The number of carbonyl (C=O) groups excluding carboxylic acids is 2. The maximum atomic E-state index is 14.0. The highest BCUT2D eigenvalue weighted by atomic mass is 32.2. The monoisotopic (exact) mass is 549 g/mol. The van der Waals surface area contributed by atoms with Crippen LogP contribution in [0.4, 0.5) is 5.69 Å². The van der Waals surface area contributed by atoms with Crippen LogP contribution in [0.15, 0.2) is 71.6 Å². The van der Waals surface area contributed by atoms with E-state index in [1.807, 2.05) is 71.0 Å². The Kier molecular flexibility index (Phi) is 9.92. The minimum Gasteiger partial charge on any atom is -0.354 e. The van der Waals surface area contributed by atoms with Crippen LogP contribution in [-0.4, -0.2) is 44.3 Å². The van der Waals surface area contributed by atoms with Crippen LogP contribution < -0.4 is 9.62 Å². The minimum absolute atomic E-state index is 0.0981. The van der Waals surface area contributed by atoms with Gasteiger partial charge < -0.3 is 10.2 Å². The Morgan fingerprint density at radius 1 is 0.872 bits per heavy atom. The van der Waals surface area contributed by atoms with Crippen LogP contribution in [0, 0.1) is 27.7 Å². The van der Waals surface area contributed by atoms with E-state index in [0.717, 1.165) is 34.2 Å². The van der Waals surface area contributed by atoms with Crippen LogP contribution in [0.25, 0.3) is 0 Å². The molecule has 0 aromatic heterocycles. The van der Waals surface area contributed by atoms with Gasteiger partial charge in [0.15, 0.2) is 0 Å². The lowest BCUT2D eigenvalue weighted by Gasteiger charge is -2.33. The van der Waals surface area contributed by atoms with Crippen molar-refractivity contribution in [2.24, 2.45) is 0 Å². The van der Waals surface area contributed by atoms with Gasteiger partial charge >= 0.3 is 0 Å². The van der Waals surface area contributed by atoms with Gasteiger partial charge in [0.25, 0.3) is 10.0 Å². The number of carbonyl (C=O) groups is 2. The van der Waals surface area contributed by atoms with Crippen LogP contribution >= 0.6 is 0 Å². The van der Waals surface area contributed by atoms with Crippen molar-refractivity contribution in [3.8, 4) is 0 Å². The number of sulfonamides is 1. The van der Waals surface area contributed by atoms with Crippen molar-refractivity contribution in [1.29, 1.82) is 0 Å². The number of nitrogens with zero attached hydrogens (tertiary/aromatic N) is 2. The molecule has 0 spiro atoms. The summed E-state index contributed by atoms with van der Waals surface area (Å²) in [6, 6.07) is 19.0. The first-order chi connectivity index (χ1) is 18.4. The third-order valence-corrected chi connectivity index (χ3v) is 8.61. The number of aryl methyl sites for hydroxylation is 4. The number of amides is 2. The first-order valence-corrected chi connectivity index (χ1v) is 14.7. The normalized spacial score (nSPS) is 12.1. The number of benzene rings is 3. The molecule has 2 amide bonds. The molecule has 0 saturated heterocycles. The van der Waals surface area contributed by atoms with Crippen LogP contribution in [0.2, 0.25) is 0 Å². The molecule has 0 aliphatic carbocycles. The van der Waals surface area contributed by atoms with Crippen molar-refractivity contribution in [1.82, 2.24) is 10.2 Å². The highest BCUT2D eigenvalue weighted by Gasteiger charge is 2.33. The molecular formula is C31H39N3O4S. The second kappa shape index (κ2) is 12.9. The Bertz CT molecular complexity index is 1420. The van der Waals surface area contributed by atoms with Crippen molar-refractivity contribution < 1.29 is 18.0 Å². The Hall–Kier alpha value is -3.65. The summed E-state index contributed by atoms with van der Waals surface area (Å²) in [6.07, 6.45) is 0.763. The summed E-state index contributed by atoms with van der Waals surface area (Å²) in [7, 11) is -4.09. The lowest BCUT2D eigenvalue weighted by Crippen LogP contribution is -2.51. The van der Waals surface area contributed by atoms with E-state index in [1.165, 1.54) is 9.21 Å². The van der Waals surface area contributed by atoms with E-state index < -0.39 is 28.5 Å². The van der Waals surface area contributed by atoms with Gasteiger partial charge in [-0.3, -0.25) is 13.9 Å². The van der Waals surface area contributed by atoms with Gasteiger partial charge in [-0.25, -0.2) is 8.42 Å². The summed E-state index contributed by atoms with van der Waals surface area (Å²) >= 11 is 0. The van der Waals surface area contributed by atoms with Gasteiger partial charge in [0, 0.05) is 13.1 Å². The molecule has 1 N–H and O–H groups in total. The molecule has 1 atom stereocenters. The summed E-state index contributed by atoms with van der Waals surface area (Å²) < 4.78 is 29.2. The summed E-state index contributed by atoms with van der Waals surface area (Å²) in [4.78, 5) is 28.6. The van der Waals surface area contributed by atoms with E-state index in [2.05, 4.69) is 5.32 Å². The fraction of sp³-hybridized carbons (Fsp3) is 0.355. The molecule has 0 radical (unpaired) electrons. The zero-order chi connectivity index (χ0) is 28.7. The average Bonchev–Trinajstić information content (AvgIpc) is 2.91. The van der Waals surface area contributed by atoms with Gasteiger partial charge in [-0.1, -0.05) is 61.0 Å². The van der Waals surface area contributed by atoms with Gasteiger partial charge in [0.1, 0.15) is 12.6 Å². The van der Waals surface area contributed by atoms with E-state index in [0.29, 0.717) is 12.2 Å². The second-order valence-electron chi connectivity index (χ2n) is 10.0. The summed E-state index contributed by atoms with van der Waals surface area (Å²) in [5, 5.41) is 2.87. The summed E-state index contributed by atoms with van der Waals surface area (Å²) in [6.45, 7) is 11.4. The standard InChI is InChI=1S/C31H39N3O4S/c1-7-18-32-31(36)26(6)33(20-27-11-9-8-10-24(27)4)30(35)21-34(29-19-23(3)12-15-25(29)5)39(37,38)28-16-13-22(2)14-17-28/h8-17,19,26H,7,18,20-21H2,1-6H3,(H,32,36)/t26-/m1/s1. The molecule has 0 saturated carbocycles. The predicted molar refractivity (Wildman–Crippen MR) is 156 cm³/mol. The van der Waals surface area contributed by atoms with Crippen LogP contribution in [0.3, 0.4) is 0 Å². The molecule has 3 aromatic carbocycles. The van der Waals surface area contributed by atoms with Crippen molar-refractivity contribution in [3.05, 3.63) is 94.5 Å². The largest absolute Gasteiger partial charge is 0.354 e. The Labute approximate surface area is 232 Å². The van der Waals surface area contributed by atoms with Crippen molar-refractivity contribution >= 4 is 27.5 Å². The van der Waals surface area contributed by atoms with Gasteiger partial charge in [0.05, 0.1) is 10.6 Å². The number of nitrogens with one attached hydrogen (secondary N) is 1. The highest BCUT2D eigenvalue weighted by Crippen LogP contribution is 2.29. The van der Waals surface area contributed by atoms with E-state index in [-0.39, 0.29) is 17.3 Å². The van der Waals surface area contributed by atoms with Crippen molar-refractivity contribution in [2.75, 3.05) is 17.4 Å². The summed E-state index contributed by atoms with van der Waals surface area (Å²) in [5.41, 5.74) is 4.83. The molecule has 0 aliphatic heterocycles. The smallest absolute Gasteiger partial charge is 0.264 e. The topological polar surface area (TPSA) is 86.8 Å². The first kappa shape index (κ1) is 29.9. The number of hydrogen-bond donors (Lipinski definition) is 1. The molecule has 0 bridgehead atoms.